The van der Waals surface area contributed by atoms with Crippen molar-refractivity contribution in [1.29, 1.82) is 0 Å². The van der Waals surface area contributed by atoms with Crippen LogP contribution in [0.3, 0.4) is 0 Å². The molecule has 1 atom stereocenters. The van der Waals surface area contributed by atoms with Gasteiger partial charge in [-0.25, -0.2) is 9.59 Å². The Labute approximate surface area is 116 Å². The number of H-pyrrole nitrogens is 1. The SMILES string of the molecule is CSCCC(C)NC(=O)Nc1cc(C)[nH]c1C(=O)O. The summed E-state index contributed by atoms with van der Waals surface area (Å²) in [7, 11) is 0. The fourth-order valence-electron chi connectivity index (χ4n) is 1.61. The van der Waals surface area contributed by atoms with Crippen molar-refractivity contribution in [2.45, 2.75) is 26.3 Å². The standard InChI is InChI=1S/C12H19N3O3S/c1-7(4-5-19-3)14-12(18)15-9-6-8(2)13-10(9)11(16)17/h6-7,13H,4-5H2,1-3H3,(H,16,17)(H2,14,15,18). The van der Waals surface area contributed by atoms with Crippen LogP contribution in [0.5, 0.6) is 0 Å². The van der Waals surface area contributed by atoms with E-state index in [9.17, 15) is 9.59 Å². The quantitative estimate of drug-likeness (QED) is 0.645. The molecule has 1 aromatic heterocycles. The van der Waals surface area contributed by atoms with Crippen molar-refractivity contribution < 1.29 is 14.7 Å². The number of amides is 2. The Morgan fingerprint density at radius 3 is 2.79 bits per heavy atom. The first-order valence-corrected chi connectivity index (χ1v) is 7.32. The van der Waals surface area contributed by atoms with Gasteiger partial charge >= 0.3 is 12.0 Å². The summed E-state index contributed by atoms with van der Waals surface area (Å²) in [5, 5.41) is 14.3. The summed E-state index contributed by atoms with van der Waals surface area (Å²) in [6.07, 6.45) is 2.88. The number of urea groups is 1. The zero-order valence-electron chi connectivity index (χ0n) is 11.2. The van der Waals surface area contributed by atoms with E-state index in [0.717, 1.165) is 12.2 Å². The summed E-state index contributed by atoms with van der Waals surface area (Å²) in [6.45, 7) is 3.65. The van der Waals surface area contributed by atoms with Gasteiger partial charge in [0, 0.05) is 11.7 Å². The highest BCUT2D eigenvalue weighted by atomic mass is 32.2. The topological polar surface area (TPSA) is 94.2 Å². The van der Waals surface area contributed by atoms with Gasteiger partial charge in [-0.15, -0.1) is 0 Å². The predicted molar refractivity (Wildman–Crippen MR) is 77.1 cm³/mol. The van der Waals surface area contributed by atoms with Crippen molar-refractivity contribution in [3.05, 3.63) is 17.5 Å². The number of carboxylic acids is 1. The molecule has 0 saturated heterocycles. The van der Waals surface area contributed by atoms with Gasteiger partial charge in [-0.3, -0.25) is 0 Å². The van der Waals surface area contributed by atoms with Crippen molar-refractivity contribution in [1.82, 2.24) is 10.3 Å². The molecule has 0 fully saturated rings. The van der Waals surface area contributed by atoms with Crippen LogP contribution in [0, 0.1) is 6.92 Å². The van der Waals surface area contributed by atoms with Crippen molar-refractivity contribution in [3.8, 4) is 0 Å². The largest absolute Gasteiger partial charge is 0.477 e. The molecule has 0 bridgehead atoms. The van der Waals surface area contributed by atoms with Gasteiger partial charge in [-0.1, -0.05) is 0 Å². The second-order valence-electron chi connectivity index (χ2n) is 4.33. The third kappa shape index (κ3) is 4.86. The van der Waals surface area contributed by atoms with Crippen LogP contribution in [0.1, 0.15) is 29.5 Å². The molecule has 0 aliphatic carbocycles. The molecule has 1 heterocycles. The lowest BCUT2D eigenvalue weighted by atomic mass is 10.3. The zero-order chi connectivity index (χ0) is 14.4. The van der Waals surface area contributed by atoms with E-state index in [4.69, 9.17) is 5.11 Å². The second kappa shape index (κ2) is 7.08. The molecule has 1 rings (SSSR count). The number of carbonyl (C=O) groups excluding carboxylic acids is 1. The first-order valence-electron chi connectivity index (χ1n) is 5.93. The molecule has 0 aliphatic heterocycles. The maximum Gasteiger partial charge on any atom is 0.354 e. The Morgan fingerprint density at radius 2 is 2.21 bits per heavy atom. The minimum absolute atomic E-state index is 0.00980. The Kier molecular flexibility index (Phi) is 5.75. The number of rotatable bonds is 6. The number of thioether (sulfide) groups is 1. The monoisotopic (exact) mass is 285 g/mol. The number of anilines is 1. The normalized spacial score (nSPS) is 11.9. The van der Waals surface area contributed by atoms with Crippen LogP contribution in [0.2, 0.25) is 0 Å². The van der Waals surface area contributed by atoms with E-state index in [1.54, 1.807) is 24.8 Å². The summed E-state index contributed by atoms with van der Waals surface area (Å²) in [4.78, 5) is 25.4. The molecule has 0 aliphatic rings. The molecule has 0 spiro atoms. The van der Waals surface area contributed by atoms with Crippen LogP contribution < -0.4 is 10.6 Å². The van der Waals surface area contributed by atoms with Gasteiger partial charge in [-0.05, 0) is 38.3 Å². The van der Waals surface area contributed by atoms with E-state index in [2.05, 4.69) is 15.6 Å². The molecule has 19 heavy (non-hydrogen) atoms. The van der Waals surface area contributed by atoms with Crippen LogP contribution in [-0.2, 0) is 0 Å². The number of carbonyl (C=O) groups is 2. The van der Waals surface area contributed by atoms with E-state index < -0.39 is 12.0 Å². The van der Waals surface area contributed by atoms with Gasteiger partial charge in [0.1, 0.15) is 5.69 Å². The third-order valence-electron chi connectivity index (χ3n) is 2.55. The van der Waals surface area contributed by atoms with Crippen LogP contribution in [0.4, 0.5) is 10.5 Å². The van der Waals surface area contributed by atoms with Crippen LogP contribution in [0.15, 0.2) is 6.07 Å². The summed E-state index contributed by atoms with van der Waals surface area (Å²) in [6, 6.07) is 1.24. The van der Waals surface area contributed by atoms with E-state index in [-0.39, 0.29) is 17.4 Å². The lowest BCUT2D eigenvalue weighted by molar-refractivity contribution is 0.0692. The zero-order valence-corrected chi connectivity index (χ0v) is 12.1. The highest BCUT2D eigenvalue weighted by Crippen LogP contribution is 2.16. The fraction of sp³-hybridized carbons (Fsp3) is 0.500. The van der Waals surface area contributed by atoms with Crippen molar-refractivity contribution in [2.75, 3.05) is 17.3 Å². The smallest absolute Gasteiger partial charge is 0.354 e. The molecule has 1 aromatic rings. The van der Waals surface area contributed by atoms with E-state index >= 15 is 0 Å². The minimum Gasteiger partial charge on any atom is -0.477 e. The number of aromatic amines is 1. The van der Waals surface area contributed by atoms with Crippen molar-refractivity contribution >= 4 is 29.4 Å². The summed E-state index contributed by atoms with van der Waals surface area (Å²) >= 11 is 1.72. The van der Waals surface area contributed by atoms with Crippen LogP contribution in [0.25, 0.3) is 0 Å². The molecular weight excluding hydrogens is 266 g/mol. The van der Waals surface area contributed by atoms with Gasteiger partial charge in [0.15, 0.2) is 0 Å². The predicted octanol–water partition coefficient (Wildman–Crippen LogP) is 2.28. The molecule has 1 unspecified atom stereocenters. The van der Waals surface area contributed by atoms with E-state index in [1.807, 2.05) is 13.2 Å². The Hall–Kier alpha value is -1.63. The fourth-order valence-corrected chi connectivity index (χ4v) is 2.19. The Bertz CT molecular complexity index is 459. The number of hydrogen-bond acceptors (Lipinski definition) is 3. The van der Waals surface area contributed by atoms with Crippen molar-refractivity contribution in [2.24, 2.45) is 0 Å². The molecule has 4 N–H and O–H groups in total. The minimum atomic E-state index is -1.10. The second-order valence-corrected chi connectivity index (χ2v) is 5.31. The van der Waals surface area contributed by atoms with Gasteiger partial charge < -0.3 is 20.7 Å². The summed E-state index contributed by atoms with van der Waals surface area (Å²) in [5.74, 6) is -0.135. The van der Waals surface area contributed by atoms with Crippen molar-refractivity contribution in [3.63, 3.8) is 0 Å². The van der Waals surface area contributed by atoms with E-state index in [0.29, 0.717) is 5.69 Å². The molecule has 106 valence electrons. The van der Waals surface area contributed by atoms with Crippen LogP contribution in [-0.4, -0.2) is 40.1 Å². The summed E-state index contributed by atoms with van der Waals surface area (Å²) in [5.41, 5.74) is 0.951. The first kappa shape index (κ1) is 15.4. The maximum atomic E-state index is 11.7. The number of aromatic nitrogens is 1. The first-order chi connectivity index (χ1) is 8.93. The maximum absolute atomic E-state index is 11.7. The van der Waals surface area contributed by atoms with Gasteiger partial charge in [-0.2, -0.15) is 11.8 Å². The van der Waals surface area contributed by atoms with Gasteiger partial charge in [0.2, 0.25) is 0 Å². The summed E-state index contributed by atoms with van der Waals surface area (Å²) < 4.78 is 0. The van der Waals surface area contributed by atoms with Gasteiger partial charge in [0.05, 0.1) is 5.69 Å². The highest BCUT2D eigenvalue weighted by molar-refractivity contribution is 7.98. The molecule has 2 amide bonds. The lowest BCUT2D eigenvalue weighted by Gasteiger charge is -2.13. The number of aryl methyl sites for hydroxylation is 1. The number of carboxylic acid groups (broad SMARTS) is 1. The third-order valence-corrected chi connectivity index (χ3v) is 3.19. The molecule has 6 nitrogen and oxygen atoms in total. The van der Waals surface area contributed by atoms with E-state index in [1.165, 1.54) is 0 Å². The molecule has 0 radical (unpaired) electrons. The number of hydrogen-bond donors (Lipinski definition) is 4. The van der Waals surface area contributed by atoms with Gasteiger partial charge in [0.25, 0.3) is 0 Å². The Balaban J connectivity index is 2.59. The molecule has 0 aromatic carbocycles. The van der Waals surface area contributed by atoms with Crippen LogP contribution >= 0.6 is 11.8 Å². The molecule has 7 heteroatoms. The number of nitrogens with one attached hydrogen (secondary N) is 3. The lowest BCUT2D eigenvalue weighted by Crippen LogP contribution is -2.36. The average molecular weight is 285 g/mol. The molecular formula is C12H19N3O3S. The highest BCUT2D eigenvalue weighted by Gasteiger charge is 2.16. The molecule has 0 saturated carbocycles. The number of aromatic carboxylic acids is 1. The average Bonchev–Trinajstić information content (AvgIpc) is 2.67. The Morgan fingerprint density at radius 1 is 1.53 bits per heavy atom.